The highest BCUT2D eigenvalue weighted by atomic mass is 16.6. The molecule has 40 heavy (non-hydrogen) atoms. The number of hydrogen-bond acceptors (Lipinski definition) is 10. The summed E-state index contributed by atoms with van der Waals surface area (Å²) in [6.45, 7) is 7.89. The Bertz CT molecular complexity index is 1030. The average Bonchev–Trinajstić information content (AvgIpc) is 3.18. The van der Waals surface area contributed by atoms with Crippen molar-refractivity contribution in [1.29, 1.82) is 0 Å². The summed E-state index contributed by atoms with van der Waals surface area (Å²) in [5.41, 5.74) is 0.204. The first-order valence-corrected chi connectivity index (χ1v) is 13.6. The second-order valence-electron chi connectivity index (χ2n) is 10.3. The lowest BCUT2D eigenvalue weighted by atomic mass is 9.89. The summed E-state index contributed by atoms with van der Waals surface area (Å²) >= 11 is 0. The van der Waals surface area contributed by atoms with Crippen molar-refractivity contribution < 1.29 is 48.0 Å². The minimum Gasteiger partial charge on any atom is -0.490 e. The highest BCUT2D eigenvalue weighted by Crippen LogP contribution is 2.33. The van der Waals surface area contributed by atoms with Crippen LogP contribution in [0.15, 0.2) is 18.2 Å². The molecule has 2 heterocycles. The number of imide groups is 2. The standard InChI is InChI=1S/C28H40N2O10/c1-28(2,19-31)9-4-10-36-11-12-37-13-14-38-15-16-39-17-18-40-22-6-3-5-20-24(22)27(35)30(26(20)34)21-7-8-23(32)29-25(21)33/h3,5-6,21,31H,4,7-19H2,1-2H3,(H,29,32,33). The van der Waals surface area contributed by atoms with Crippen LogP contribution in [0.5, 0.6) is 5.75 Å². The van der Waals surface area contributed by atoms with Gasteiger partial charge < -0.3 is 28.8 Å². The van der Waals surface area contributed by atoms with Crippen LogP contribution in [0.3, 0.4) is 0 Å². The first kappa shape index (κ1) is 31.6. The zero-order valence-corrected chi connectivity index (χ0v) is 23.3. The Morgan fingerprint density at radius 2 is 1.48 bits per heavy atom. The lowest BCUT2D eigenvalue weighted by Crippen LogP contribution is -2.54. The number of rotatable bonds is 19. The van der Waals surface area contributed by atoms with Gasteiger partial charge in [0, 0.05) is 19.6 Å². The smallest absolute Gasteiger partial charge is 0.266 e. The minimum atomic E-state index is -1.03. The van der Waals surface area contributed by atoms with Crippen molar-refractivity contribution in [3.05, 3.63) is 29.3 Å². The number of benzene rings is 1. The third-order valence-electron chi connectivity index (χ3n) is 6.60. The molecule has 2 aliphatic heterocycles. The molecule has 1 aromatic rings. The first-order valence-electron chi connectivity index (χ1n) is 13.6. The fourth-order valence-electron chi connectivity index (χ4n) is 4.31. The van der Waals surface area contributed by atoms with E-state index in [2.05, 4.69) is 5.32 Å². The SMILES string of the molecule is CC(C)(CO)CCCOCCOCCOCCOCCOc1cccc2c1C(=O)N(C1CCC(=O)NC1=O)C2=O. The topological polar surface area (TPSA) is 150 Å². The number of aliphatic hydroxyl groups is 1. The van der Waals surface area contributed by atoms with Gasteiger partial charge in [-0.1, -0.05) is 19.9 Å². The third-order valence-corrected chi connectivity index (χ3v) is 6.60. The maximum absolute atomic E-state index is 13.0. The average molecular weight is 565 g/mol. The van der Waals surface area contributed by atoms with E-state index in [9.17, 15) is 24.3 Å². The fourth-order valence-corrected chi connectivity index (χ4v) is 4.31. The second-order valence-corrected chi connectivity index (χ2v) is 10.3. The van der Waals surface area contributed by atoms with Gasteiger partial charge >= 0.3 is 0 Å². The van der Waals surface area contributed by atoms with Crippen LogP contribution in [0.1, 0.15) is 60.2 Å². The van der Waals surface area contributed by atoms with Crippen LogP contribution in [0.25, 0.3) is 0 Å². The molecule has 0 aliphatic carbocycles. The number of carbonyl (C=O) groups is 4. The Kier molecular flexibility index (Phi) is 12.5. The zero-order valence-electron chi connectivity index (χ0n) is 23.3. The monoisotopic (exact) mass is 564 g/mol. The molecule has 222 valence electrons. The Labute approximate surface area is 234 Å². The van der Waals surface area contributed by atoms with E-state index in [0.717, 1.165) is 17.7 Å². The molecule has 0 bridgehead atoms. The number of ether oxygens (including phenoxy) is 5. The lowest BCUT2D eigenvalue weighted by Gasteiger charge is -2.27. The van der Waals surface area contributed by atoms with Crippen LogP contribution in [0, 0.1) is 5.41 Å². The molecule has 1 saturated heterocycles. The van der Waals surface area contributed by atoms with E-state index < -0.39 is 29.7 Å². The lowest BCUT2D eigenvalue weighted by molar-refractivity contribution is -0.136. The molecule has 12 heteroatoms. The molecule has 3 rings (SSSR count). The van der Waals surface area contributed by atoms with Crippen molar-refractivity contribution in [1.82, 2.24) is 10.2 Å². The Morgan fingerprint density at radius 3 is 2.08 bits per heavy atom. The van der Waals surface area contributed by atoms with Gasteiger partial charge in [-0.15, -0.1) is 0 Å². The van der Waals surface area contributed by atoms with Gasteiger partial charge in [0.05, 0.1) is 57.4 Å². The zero-order chi connectivity index (χ0) is 29.0. The van der Waals surface area contributed by atoms with Gasteiger partial charge in [0.15, 0.2) is 0 Å². The highest BCUT2D eigenvalue weighted by Gasteiger charge is 2.46. The molecule has 1 fully saturated rings. The van der Waals surface area contributed by atoms with Gasteiger partial charge in [0.1, 0.15) is 18.4 Å². The molecule has 0 saturated carbocycles. The number of nitrogens with one attached hydrogen (secondary N) is 1. The molecule has 2 aliphatic rings. The summed E-state index contributed by atoms with van der Waals surface area (Å²) < 4.78 is 27.7. The number of nitrogens with zero attached hydrogens (tertiary/aromatic N) is 1. The predicted molar refractivity (Wildman–Crippen MR) is 142 cm³/mol. The summed E-state index contributed by atoms with van der Waals surface area (Å²) in [5, 5.41) is 11.4. The number of piperidine rings is 1. The molecule has 1 aromatic carbocycles. The number of amides is 4. The molecule has 12 nitrogen and oxygen atoms in total. The van der Waals surface area contributed by atoms with E-state index >= 15 is 0 Å². The summed E-state index contributed by atoms with van der Waals surface area (Å²) in [6.07, 6.45) is 1.96. The molecule has 1 atom stereocenters. The van der Waals surface area contributed by atoms with Crippen molar-refractivity contribution in [2.75, 3.05) is 66.1 Å². The third kappa shape index (κ3) is 9.07. The molecule has 0 radical (unpaired) electrons. The maximum Gasteiger partial charge on any atom is 0.266 e. The van der Waals surface area contributed by atoms with E-state index in [0.29, 0.717) is 46.2 Å². The van der Waals surface area contributed by atoms with Gasteiger partial charge in [-0.2, -0.15) is 0 Å². The molecular formula is C28H40N2O10. The largest absolute Gasteiger partial charge is 0.490 e. The van der Waals surface area contributed by atoms with E-state index in [-0.39, 0.29) is 55.0 Å². The van der Waals surface area contributed by atoms with E-state index in [4.69, 9.17) is 23.7 Å². The van der Waals surface area contributed by atoms with Crippen molar-refractivity contribution in [2.45, 2.75) is 45.6 Å². The van der Waals surface area contributed by atoms with Gasteiger partial charge in [0.25, 0.3) is 11.8 Å². The number of aliphatic hydroxyl groups excluding tert-OH is 1. The van der Waals surface area contributed by atoms with Crippen LogP contribution in [-0.4, -0.2) is 106 Å². The summed E-state index contributed by atoms with van der Waals surface area (Å²) in [4.78, 5) is 50.5. The van der Waals surface area contributed by atoms with Crippen LogP contribution >= 0.6 is 0 Å². The second kappa shape index (κ2) is 15.8. The quantitative estimate of drug-likeness (QED) is 0.186. The first-order chi connectivity index (χ1) is 19.2. The van der Waals surface area contributed by atoms with E-state index in [1.807, 2.05) is 13.8 Å². The summed E-state index contributed by atoms with van der Waals surface area (Å²) in [7, 11) is 0. The Morgan fingerprint density at radius 1 is 0.875 bits per heavy atom. The normalized spacial score (nSPS) is 17.4. The van der Waals surface area contributed by atoms with Crippen LogP contribution in [0.2, 0.25) is 0 Å². The van der Waals surface area contributed by atoms with Crippen molar-refractivity contribution in [3.63, 3.8) is 0 Å². The molecular weight excluding hydrogens is 524 g/mol. The Balaban J connectivity index is 1.24. The van der Waals surface area contributed by atoms with Gasteiger partial charge in [0.2, 0.25) is 11.8 Å². The Hall–Kier alpha value is -2.90. The number of fused-ring (bicyclic) bond motifs is 1. The molecule has 2 N–H and O–H groups in total. The molecule has 0 spiro atoms. The summed E-state index contributed by atoms with van der Waals surface area (Å²) in [6, 6.07) is 3.68. The fraction of sp³-hybridized carbons (Fsp3) is 0.643. The van der Waals surface area contributed by atoms with E-state index in [1.165, 1.54) is 6.07 Å². The number of hydrogen-bond donors (Lipinski definition) is 2. The molecule has 1 unspecified atom stereocenters. The van der Waals surface area contributed by atoms with Crippen molar-refractivity contribution in [2.24, 2.45) is 5.41 Å². The van der Waals surface area contributed by atoms with Crippen LogP contribution in [-0.2, 0) is 28.5 Å². The maximum atomic E-state index is 13.0. The minimum absolute atomic E-state index is 0.0579. The van der Waals surface area contributed by atoms with Gasteiger partial charge in [-0.25, -0.2) is 0 Å². The van der Waals surface area contributed by atoms with E-state index in [1.54, 1.807) is 12.1 Å². The van der Waals surface area contributed by atoms with Crippen molar-refractivity contribution >= 4 is 23.6 Å². The van der Waals surface area contributed by atoms with Crippen molar-refractivity contribution in [3.8, 4) is 5.75 Å². The van der Waals surface area contributed by atoms with Gasteiger partial charge in [-0.05, 0) is 36.8 Å². The molecule has 4 amide bonds. The predicted octanol–water partition coefficient (Wildman–Crippen LogP) is 1.33. The summed E-state index contributed by atoms with van der Waals surface area (Å²) in [5.74, 6) is -2.04. The molecule has 0 aromatic heterocycles. The highest BCUT2D eigenvalue weighted by molar-refractivity contribution is 6.24. The number of carbonyl (C=O) groups excluding carboxylic acids is 4. The van der Waals surface area contributed by atoms with Gasteiger partial charge in [-0.3, -0.25) is 29.4 Å². The van der Waals surface area contributed by atoms with Crippen LogP contribution < -0.4 is 10.1 Å². The van der Waals surface area contributed by atoms with Crippen LogP contribution in [0.4, 0.5) is 0 Å².